The summed E-state index contributed by atoms with van der Waals surface area (Å²) in [6.45, 7) is 0.753. The average molecular weight is 297 g/mol. The summed E-state index contributed by atoms with van der Waals surface area (Å²) in [4.78, 5) is 10.7. The number of thioether (sulfide) groups is 1. The lowest BCUT2D eigenvalue weighted by molar-refractivity contribution is -0.136. The monoisotopic (exact) mass is 297 g/mol. The molecular formula is C13H19N3O3S. The minimum atomic E-state index is -0.871. The van der Waals surface area contributed by atoms with Crippen molar-refractivity contribution < 1.29 is 14.6 Å². The summed E-state index contributed by atoms with van der Waals surface area (Å²) >= 11 is 1.99. The van der Waals surface area contributed by atoms with Crippen LogP contribution in [0.15, 0.2) is 6.20 Å². The molecule has 1 aromatic heterocycles. The first-order valence-electron chi connectivity index (χ1n) is 7.01. The number of hydrogen-bond acceptors (Lipinski definition) is 5. The van der Waals surface area contributed by atoms with Crippen LogP contribution in [0.25, 0.3) is 0 Å². The summed E-state index contributed by atoms with van der Waals surface area (Å²) < 4.78 is 7.90. The molecule has 2 aliphatic heterocycles. The number of carboxylic acid groups (broad SMARTS) is 1. The van der Waals surface area contributed by atoms with Crippen LogP contribution >= 0.6 is 11.8 Å². The third kappa shape index (κ3) is 2.98. The molecule has 6 nitrogen and oxygen atoms in total. The van der Waals surface area contributed by atoms with E-state index in [1.165, 1.54) is 0 Å². The van der Waals surface area contributed by atoms with Crippen molar-refractivity contribution in [3.8, 4) is 0 Å². The lowest BCUT2D eigenvalue weighted by Crippen LogP contribution is -2.43. The van der Waals surface area contributed by atoms with Gasteiger partial charge in [-0.3, -0.25) is 4.79 Å². The molecule has 1 atom stereocenters. The number of aliphatic carboxylic acids is 1. The number of nitrogens with zero attached hydrogens (tertiary/aromatic N) is 3. The van der Waals surface area contributed by atoms with Gasteiger partial charge < -0.3 is 9.84 Å². The van der Waals surface area contributed by atoms with Gasteiger partial charge in [0, 0.05) is 12.8 Å². The van der Waals surface area contributed by atoms with Crippen LogP contribution in [0.1, 0.15) is 37.4 Å². The van der Waals surface area contributed by atoms with E-state index in [2.05, 4.69) is 10.3 Å². The van der Waals surface area contributed by atoms with Gasteiger partial charge in [-0.05, 0) is 37.2 Å². The second-order valence-corrected chi connectivity index (χ2v) is 6.78. The molecule has 0 aromatic carbocycles. The van der Waals surface area contributed by atoms with Crippen molar-refractivity contribution in [3.05, 3.63) is 11.9 Å². The topological polar surface area (TPSA) is 77.2 Å². The van der Waals surface area contributed by atoms with E-state index >= 15 is 0 Å². The van der Waals surface area contributed by atoms with Gasteiger partial charge in [0.1, 0.15) is 0 Å². The van der Waals surface area contributed by atoms with Crippen molar-refractivity contribution in [2.24, 2.45) is 0 Å². The number of carboxylic acids is 1. The molecule has 3 heterocycles. The predicted molar refractivity (Wildman–Crippen MR) is 74.9 cm³/mol. The smallest absolute Gasteiger partial charge is 0.309 e. The molecular weight excluding hydrogens is 278 g/mol. The van der Waals surface area contributed by atoms with Crippen LogP contribution in [0, 0.1) is 0 Å². The maximum atomic E-state index is 10.7. The third-order valence-corrected chi connectivity index (χ3v) is 5.12. The fourth-order valence-electron chi connectivity index (χ4n) is 3.05. The van der Waals surface area contributed by atoms with E-state index in [4.69, 9.17) is 9.84 Å². The standard InChI is InChI=1S/C13H19N3O3S/c17-12(18)7-10-9-16(15-14-10)11-1-4-19-13(8-11)2-5-20-6-3-13/h9,11H,1-8H2,(H,17,18). The van der Waals surface area contributed by atoms with Gasteiger partial charge in [-0.25, -0.2) is 4.68 Å². The second kappa shape index (κ2) is 5.73. The molecule has 110 valence electrons. The number of aromatic nitrogens is 3. The van der Waals surface area contributed by atoms with Crippen LogP contribution in [0.5, 0.6) is 0 Å². The molecule has 2 fully saturated rings. The van der Waals surface area contributed by atoms with Crippen molar-refractivity contribution in [1.29, 1.82) is 0 Å². The summed E-state index contributed by atoms with van der Waals surface area (Å²) in [7, 11) is 0. The molecule has 0 saturated carbocycles. The van der Waals surface area contributed by atoms with E-state index in [1.54, 1.807) is 6.20 Å². The van der Waals surface area contributed by atoms with Gasteiger partial charge in [0.2, 0.25) is 0 Å². The lowest BCUT2D eigenvalue weighted by atomic mass is 9.85. The van der Waals surface area contributed by atoms with Gasteiger partial charge in [-0.2, -0.15) is 11.8 Å². The quantitative estimate of drug-likeness (QED) is 0.911. The van der Waals surface area contributed by atoms with Crippen molar-refractivity contribution in [2.45, 2.75) is 43.7 Å². The van der Waals surface area contributed by atoms with Crippen molar-refractivity contribution >= 4 is 17.7 Å². The highest BCUT2D eigenvalue weighted by Crippen LogP contribution is 2.41. The first-order valence-corrected chi connectivity index (χ1v) is 8.17. The normalized spacial score (nSPS) is 25.7. The van der Waals surface area contributed by atoms with Crippen LogP contribution in [0.2, 0.25) is 0 Å². The Labute approximate surface area is 121 Å². The van der Waals surface area contributed by atoms with Crippen molar-refractivity contribution in [2.75, 3.05) is 18.1 Å². The second-order valence-electron chi connectivity index (χ2n) is 5.55. The van der Waals surface area contributed by atoms with E-state index in [-0.39, 0.29) is 18.1 Å². The molecule has 0 aliphatic carbocycles. The summed E-state index contributed by atoms with van der Waals surface area (Å²) in [5, 5.41) is 16.9. The number of carbonyl (C=O) groups is 1. The maximum Gasteiger partial charge on any atom is 0.309 e. The molecule has 1 unspecified atom stereocenters. The Morgan fingerprint density at radius 2 is 2.35 bits per heavy atom. The largest absolute Gasteiger partial charge is 0.481 e. The molecule has 0 amide bonds. The van der Waals surface area contributed by atoms with Gasteiger partial charge in [-0.15, -0.1) is 5.10 Å². The first kappa shape index (κ1) is 13.9. The zero-order valence-corrected chi connectivity index (χ0v) is 12.1. The first-order chi connectivity index (χ1) is 9.67. The molecule has 20 heavy (non-hydrogen) atoms. The Hall–Kier alpha value is -1.08. The minimum Gasteiger partial charge on any atom is -0.481 e. The number of ether oxygens (including phenoxy) is 1. The van der Waals surface area contributed by atoms with E-state index in [9.17, 15) is 4.79 Å². The number of hydrogen-bond donors (Lipinski definition) is 1. The predicted octanol–water partition coefficient (Wildman–Crippen LogP) is 1.52. The highest BCUT2D eigenvalue weighted by atomic mass is 32.2. The maximum absolute atomic E-state index is 10.7. The molecule has 2 aliphatic rings. The van der Waals surface area contributed by atoms with E-state index in [0.29, 0.717) is 5.69 Å². The Bertz CT molecular complexity index is 479. The highest BCUT2D eigenvalue weighted by molar-refractivity contribution is 7.99. The van der Waals surface area contributed by atoms with Gasteiger partial charge >= 0.3 is 5.97 Å². The lowest BCUT2D eigenvalue weighted by Gasteiger charge is -2.43. The molecule has 0 radical (unpaired) electrons. The Morgan fingerprint density at radius 3 is 3.10 bits per heavy atom. The van der Waals surface area contributed by atoms with Gasteiger partial charge in [0.15, 0.2) is 0 Å². The van der Waals surface area contributed by atoms with Crippen molar-refractivity contribution in [1.82, 2.24) is 15.0 Å². The van der Waals surface area contributed by atoms with Crippen LogP contribution in [-0.2, 0) is 16.0 Å². The third-order valence-electron chi connectivity index (χ3n) is 4.14. The van der Waals surface area contributed by atoms with Crippen LogP contribution < -0.4 is 0 Å². The number of rotatable bonds is 3. The molecule has 3 rings (SSSR count). The van der Waals surface area contributed by atoms with Gasteiger partial charge in [0.05, 0.1) is 23.8 Å². The van der Waals surface area contributed by atoms with Crippen LogP contribution in [0.3, 0.4) is 0 Å². The van der Waals surface area contributed by atoms with E-state index in [0.717, 1.165) is 43.8 Å². The minimum absolute atomic E-state index is 0.00702. The highest BCUT2D eigenvalue weighted by Gasteiger charge is 2.39. The van der Waals surface area contributed by atoms with Crippen LogP contribution in [0.4, 0.5) is 0 Å². The molecule has 2 saturated heterocycles. The Balaban J connectivity index is 1.70. The SMILES string of the molecule is O=C(O)Cc1cn(C2CCOC3(CCSCC3)C2)nn1. The zero-order chi connectivity index (χ0) is 14.0. The summed E-state index contributed by atoms with van der Waals surface area (Å²) in [6.07, 6.45) is 5.80. The van der Waals surface area contributed by atoms with E-state index < -0.39 is 5.97 Å². The summed E-state index contributed by atoms with van der Waals surface area (Å²) in [5.74, 6) is 1.45. The van der Waals surface area contributed by atoms with Crippen LogP contribution in [-0.4, -0.2) is 49.8 Å². The molecule has 0 bridgehead atoms. The molecule has 7 heteroatoms. The molecule has 1 N–H and O–H groups in total. The van der Waals surface area contributed by atoms with Gasteiger partial charge in [-0.1, -0.05) is 5.21 Å². The Kier molecular flexibility index (Phi) is 3.98. The van der Waals surface area contributed by atoms with Gasteiger partial charge in [0.25, 0.3) is 0 Å². The van der Waals surface area contributed by atoms with Crippen molar-refractivity contribution in [3.63, 3.8) is 0 Å². The summed E-state index contributed by atoms with van der Waals surface area (Å²) in [6, 6.07) is 0.280. The zero-order valence-electron chi connectivity index (χ0n) is 11.3. The Morgan fingerprint density at radius 1 is 1.55 bits per heavy atom. The molecule has 1 spiro atoms. The van der Waals surface area contributed by atoms with E-state index in [1.807, 2.05) is 16.4 Å². The summed E-state index contributed by atoms with van der Waals surface area (Å²) in [5.41, 5.74) is 0.532. The molecule has 1 aromatic rings. The fourth-order valence-corrected chi connectivity index (χ4v) is 4.28. The fraction of sp³-hybridized carbons (Fsp3) is 0.769. The average Bonchev–Trinajstić information content (AvgIpc) is 2.87.